The average molecular weight is 460 g/mol. The third-order valence-electron chi connectivity index (χ3n) is 5.56. The first-order chi connectivity index (χ1) is 15.2. The Hall–Kier alpha value is -2.79. The molecule has 0 unspecified atom stereocenters. The zero-order valence-electron chi connectivity index (χ0n) is 20.8. The van der Waals surface area contributed by atoms with Crippen LogP contribution in [0.25, 0.3) is 0 Å². The van der Waals surface area contributed by atoms with Gasteiger partial charge in [-0.2, -0.15) is 4.98 Å². The fourth-order valence-corrected chi connectivity index (χ4v) is 2.90. The van der Waals surface area contributed by atoms with Gasteiger partial charge in [0.15, 0.2) is 5.82 Å². The first-order valence-corrected chi connectivity index (χ1v) is 11.0. The molecular weight excluding hydrogens is 427 g/mol. The lowest BCUT2D eigenvalue weighted by Crippen LogP contribution is -2.41. The summed E-state index contributed by atoms with van der Waals surface area (Å²) in [5.41, 5.74) is -0.774. The normalized spacial score (nSPS) is 16.7. The minimum Gasteiger partial charge on any atom is -0.399 e. The molecule has 0 saturated carbocycles. The van der Waals surface area contributed by atoms with Gasteiger partial charge in [-0.25, -0.2) is 0 Å². The van der Waals surface area contributed by atoms with Gasteiger partial charge in [-0.05, 0) is 33.2 Å². The molecule has 1 fully saturated rings. The van der Waals surface area contributed by atoms with Gasteiger partial charge in [0.2, 0.25) is 0 Å². The van der Waals surface area contributed by atoms with Crippen LogP contribution in [-0.4, -0.2) is 39.3 Å². The van der Waals surface area contributed by atoms with Gasteiger partial charge in [0.25, 0.3) is 5.69 Å². The van der Waals surface area contributed by atoms with E-state index in [0.717, 1.165) is 0 Å². The number of nitrogens with one attached hydrogen (secondary N) is 1. The minimum atomic E-state index is -0.721. The minimum absolute atomic E-state index is 0.0774. The number of amides is 1. The van der Waals surface area contributed by atoms with Crippen LogP contribution in [0.4, 0.5) is 5.69 Å². The summed E-state index contributed by atoms with van der Waals surface area (Å²) in [7, 11) is -0.721. The van der Waals surface area contributed by atoms with Gasteiger partial charge in [0.1, 0.15) is 0 Å². The molecule has 10 nitrogen and oxygen atoms in total. The highest BCUT2D eigenvalue weighted by Crippen LogP contribution is 2.36. The number of nitrogens with zero attached hydrogens (tertiary/aromatic N) is 3. The van der Waals surface area contributed by atoms with E-state index in [9.17, 15) is 14.9 Å². The number of hydrogen-bond acceptors (Lipinski definition) is 8. The number of hydrogen-bond donors (Lipinski definition) is 1. The molecule has 1 N–H and O–H groups in total. The molecule has 1 aromatic heterocycles. The highest BCUT2D eigenvalue weighted by Gasteiger charge is 2.52. The summed E-state index contributed by atoms with van der Waals surface area (Å²) in [6.07, 6.45) is 0. The van der Waals surface area contributed by atoms with Gasteiger partial charge in [0, 0.05) is 17.0 Å². The van der Waals surface area contributed by atoms with Crippen molar-refractivity contribution in [3.63, 3.8) is 0 Å². The quantitative estimate of drug-likeness (QED) is 0.408. The number of benzene rings is 1. The van der Waals surface area contributed by atoms with Crippen LogP contribution in [0.3, 0.4) is 0 Å². The van der Waals surface area contributed by atoms with E-state index in [2.05, 4.69) is 15.5 Å². The maximum Gasteiger partial charge on any atom is 0.495 e. The average Bonchev–Trinajstić information content (AvgIpc) is 3.30. The molecule has 2 heterocycles. The topological polar surface area (TPSA) is 130 Å². The van der Waals surface area contributed by atoms with E-state index in [1.54, 1.807) is 12.1 Å². The molecule has 11 heteroatoms. The molecule has 1 aliphatic rings. The van der Waals surface area contributed by atoms with Crippen molar-refractivity contribution in [2.45, 2.75) is 85.5 Å². The summed E-state index contributed by atoms with van der Waals surface area (Å²) in [5, 5.41) is 18.0. The van der Waals surface area contributed by atoms with Crippen molar-refractivity contribution >= 4 is 24.2 Å². The van der Waals surface area contributed by atoms with E-state index >= 15 is 0 Å². The largest absolute Gasteiger partial charge is 0.495 e. The van der Waals surface area contributed by atoms with Crippen LogP contribution in [0.2, 0.25) is 0 Å². The lowest BCUT2D eigenvalue weighted by atomic mass is 9.78. The van der Waals surface area contributed by atoms with Crippen molar-refractivity contribution in [2.24, 2.45) is 0 Å². The fourth-order valence-electron chi connectivity index (χ4n) is 2.90. The Morgan fingerprint density at radius 2 is 1.73 bits per heavy atom. The van der Waals surface area contributed by atoms with Crippen LogP contribution in [0.15, 0.2) is 22.7 Å². The molecule has 1 saturated heterocycles. The summed E-state index contributed by atoms with van der Waals surface area (Å²) < 4.78 is 16.9. The smallest absolute Gasteiger partial charge is 0.399 e. The Bertz CT molecular complexity index is 997. The summed E-state index contributed by atoms with van der Waals surface area (Å²) in [6, 6.07) is 4.68. The first kappa shape index (κ1) is 26.5. The van der Waals surface area contributed by atoms with Gasteiger partial charge >= 0.3 is 18.9 Å². The highest BCUT2D eigenvalue weighted by molar-refractivity contribution is 6.62. The molecule has 1 aliphatic heterocycles. The van der Waals surface area contributed by atoms with Gasteiger partial charge < -0.3 is 19.1 Å². The van der Waals surface area contributed by atoms with Gasteiger partial charge in [-0.3, -0.25) is 14.9 Å². The predicted molar refractivity (Wildman–Crippen MR) is 124 cm³/mol. The van der Waals surface area contributed by atoms with Crippen molar-refractivity contribution in [2.75, 3.05) is 0 Å². The van der Waals surface area contributed by atoms with Gasteiger partial charge in [-0.1, -0.05) is 51.9 Å². The summed E-state index contributed by atoms with van der Waals surface area (Å²) in [4.78, 5) is 27.6. The van der Waals surface area contributed by atoms with Crippen molar-refractivity contribution in [3.05, 3.63) is 45.6 Å². The van der Waals surface area contributed by atoms with E-state index in [-0.39, 0.29) is 23.5 Å². The Labute approximate surface area is 194 Å². The van der Waals surface area contributed by atoms with Gasteiger partial charge in [-0.15, -0.1) is 0 Å². The molecule has 1 amide bonds. The number of carbonyl (C=O) groups excluding carboxylic acids is 1. The molecule has 1 aromatic carbocycles. The first-order valence-electron chi connectivity index (χ1n) is 11.0. The lowest BCUT2D eigenvalue weighted by molar-refractivity contribution is -0.385. The van der Waals surface area contributed by atoms with E-state index in [1.807, 2.05) is 62.3 Å². The maximum atomic E-state index is 12.3. The van der Waals surface area contributed by atoms with E-state index in [1.165, 1.54) is 6.07 Å². The zero-order valence-corrected chi connectivity index (χ0v) is 20.8. The molecule has 3 rings (SSSR count). The standard InChI is InChI=1S/C20H27BN4O6.C2H6/c1-18(2,3)17-23-16(29-24-17)15(26)22-11-12-8-9-13(10-14(12)25(27)28)21-30-19(4,5)20(6,7)31-21;1-2/h8-10H,11H2,1-7H3,(H,22,26);1-2H3. The molecule has 2 aromatic rings. The fraction of sp³-hybridized carbons (Fsp3) is 0.591. The monoisotopic (exact) mass is 460 g/mol. The van der Waals surface area contributed by atoms with Crippen molar-refractivity contribution in [1.82, 2.24) is 15.5 Å². The number of nitro benzene ring substituents is 1. The van der Waals surface area contributed by atoms with Crippen LogP contribution in [0.1, 0.15) is 84.4 Å². The van der Waals surface area contributed by atoms with Crippen LogP contribution in [-0.2, 0) is 21.3 Å². The van der Waals surface area contributed by atoms with E-state index < -0.39 is 29.2 Å². The van der Waals surface area contributed by atoms with Crippen LogP contribution in [0, 0.1) is 10.1 Å². The summed E-state index contributed by atoms with van der Waals surface area (Å²) >= 11 is 0. The number of aromatic nitrogens is 2. The second kappa shape index (κ2) is 9.60. The van der Waals surface area contributed by atoms with E-state index in [0.29, 0.717) is 16.9 Å². The van der Waals surface area contributed by atoms with Crippen LogP contribution in [0.5, 0.6) is 0 Å². The lowest BCUT2D eigenvalue weighted by Gasteiger charge is -2.32. The Balaban J connectivity index is 0.00000187. The zero-order chi connectivity index (χ0) is 25.2. The Morgan fingerprint density at radius 1 is 1.15 bits per heavy atom. The molecule has 0 atom stereocenters. The molecular formula is C22H33BN4O6. The SMILES string of the molecule is CC.CC(C)(C)c1noc(C(=O)NCc2ccc(B3OC(C)(C)C(C)(C)O3)cc2[N+](=O)[O-])n1. The molecule has 0 aliphatic carbocycles. The predicted octanol–water partition coefficient (Wildman–Crippen LogP) is 3.53. The Kier molecular flexibility index (Phi) is 7.70. The van der Waals surface area contributed by atoms with Crippen molar-refractivity contribution in [3.8, 4) is 0 Å². The summed E-state index contributed by atoms with van der Waals surface area (Å²) in [5.74, 6) is -0.399. The van der Waals surface area contributed by atoms with Crippen molar-refractivity contribution < 1.29 is 23.5 Å². The third kappa shape index (κ3) is 5.77. The van der Waals surface area contributed by atoms with Gasteiger partial charge in [0.05, 0.1) is 22.7 Å². The summed E-state index contributed by atoms with van der Waals surface area (Å²) in [6.45, 7) is 17.2. The van der Waals surface area contributed by atoms with E-state index in [4.69, 9.17) is 13.8 Å². The molecule has 0 radical (unpaired) electrons. The maximum absolute atomic E-state index is 12.3. The molecule has 0 spiro atoms. The molecule has 33 heavy (non-hydrogen) atoms. The highest BCUT2D eigenvalue weighted by atomic mass is 16.7. The number of rotatable bonds is 5. The third-order valence-corrected chi connectivity index (χ3v) is 5.56. The van der Waals surface area contributed by atoms with Crippen molar-refractivity contribution in [1.29, 1.82) is 0 Å². The number of carbonyl (C=O) groups is 1. The second-order valence-corrected chi connectivity index (χ2v) is 9.59. The second-order valence-electron chi connectivity index (χ2n) is 9.59. The Morgan fingerprint density at radius 3 is 2.21 bits per heavy atom. The molecule has 0 bridgehead atoms. The number of nitro groups is 1. The molecule has 180 valence electrons. The van der Waals surface area contributed by atoms with Crippen LogP contribution >= 0.6 is 0 Å². The van der Waals surface area contributed by atoms with Crippen LogP contribution < -0.4 is 10.8 Å².